The number of nitrogens with zero attached hydrogens (tertiary/aromatic N) is 1. The van der Waals surface area contributed by atoms with Gasteiger partial charge in [0, 0.05) is 28.6 Å². The number of hydrogen-bond donors (Lipinski definition) is 2. The highest BCUT2D eigenvalue weighted by atomic mass is 32.2. The zero-order valence-electron chi connectivity index (χ0n) is 17.3. The van der Waals surface area contributed by atoms with Gasteiger partial charge in [0.05, 0.1) is 28.8 Å². The zero-order valence-corrected chi connectivity index (χ0v) is 18.1. The monoisotopic (exact) mass is 453 g/mol. The third-order valence-corrected chi connectivity index (χ3v) is 5.77. The van der Waals surface area contributed by atoms with Gasteiger partial charge < -0.3 is 21.3 Å². The largest absolute Gasteiger partial charge is 0.495 e. The number of nitrogens with one attached hydrogen (secondary N) is 1. The van der Waals surface area contributed by atoms with E-state index in [1.807, 2.05) is 12.1 Å². The second-order valence-corrected chi connectivity index (χ2v) is 8.04. The molecule has 0 amide bonds. The van der Waals surface area contributed by atoms with E-state index >= 15 is 0 Å². The van der Waals surface area contributed by atoms with Gasteiger partial charge in [0.1, 0.15) is 5.75 Å². The van der Waals surface area contributed by atoms with Gasteiger partial charge in [-0.2, -0.15) is 13.2 Å². The summed E-state index contributed by atoms with van der Waals surface area (Å²) in [6.07, 6.45) is -0.880. The standard InChI is InChI=1S/C22H24F3N3OS.H2O/c1-14(6-4-10-26)28-18-13-19(29-2)21(17-9-5-11-27-20(17)18)30-16-8-3-7-15(12-16)22(23,24)25;/h3,5,7-9,11-14,28H,4,6,10,26H2,1-2H3;1H2. The molecule has 0 aliphatic carbocycles. The minimum atomic E-state index is -4.39. The van der Waals surface area contributed by atoms with E-state index in [4.69, 9.17) is 10.5 Å². The second kappa shape index (κ2) is 10.7. The first-order valence-electron chi connectivity index (χ1n) is 9.61. The summed E-state index contributed by atoms with van der Waals surface area (Å²) < 4.78 is 44.9. The van der Waals surface area contributed by atoms with Gasteiger partial charge in [0.2, 0.25) is 0 Å². The van der Waals surface area contributed by atoms with Crippen LogP contribution in [0.4, 0.5) is 18.9 Å². The number of halogens is 3. The van der Waals surface area contributed by atoms with Crippen LogP contribution in [0.5, 0.6) is 5.75 Å². The Labute approximate surface area is 183 Å². The van der Waals surface area contributed by atoms with Crippen molar-refractivity contribution >= 4 is 28.4 Å². The summed E-state index contributed by atoms with van der Waals surface area (Å²) in [6.45, 7) is 2.70. The Morgan fingerprint density at radius 1 is 1.19 bits per heavy atom. The number of hydrogen-bond acceptors (Lipinski definition) is 5. The lowest BCUT2D eigenvalue weighted by molar-refractivity contribution is -0.137. The molecule has 0 fully saturated rings. The van der Waals surface area contributed by atoms with Crippen LogP contribution in [0.25, 0.3) is 10.9 Å². The van der Waals surface area contributed by atoms with Crippen LogP contribution in [0.3, 0.4) is 0 Å². The summed E-state index contributed by atoms with van der Waals surface area (Å²) in [5.41, 5.74) is 6.49. The van der Waals surface area contributed by atoms with Crippen LogP contribution in [0.1, 0.15) is 25.3 Å². The number of fused-ring (bicyclic) bond motifs is 1. The van der Waals surface area contributed by atoms with Crippen molar-refractivity contribution in [2.45, 2.75) is 41.8 Å². The Bertz CT molecular complexity index is 1010. The molecular formula is C22H26F3N3O2S. The maximum Gasteiger partial charge on any atom is 0.416 e. The van der Waals surface area contributed by atoms with Crippen molar-refractivity contribution in [1.82, 2.24) is 4.98 Å². The lowest BCUT2D eigenvalue weighted by Gasteiger charge is -2.19. The normalized spacial score (nSPS) is 12.3. The van der Waals surface area contributed by atoms with Gasteiger partial charge in [-0.05, 0) is 56.6 Å². The molecule has 0 saturated carbocycles. The lowest BCUT2D eigenvalue weighted by atomic mass is 10.1. The number of pyridine rings is 1. The molecule has 1 unspecified atom stereocenters. The van der Waals surface area contributed by atoms with Crippen molar-refractivity contribution in [2.24, 2.45) is 5.73 Å². The highest BCUT2D eigenvalue weighted by Crippen LogP contribution is 2.44. The van der Waals surface area contributed by atoms with Crippen molar-refractivity contribution in [3.63, 3.8) is 0 Å². The molecule has 0 radical (unpaired) electrons. The highest BCUT2D eigenvalue weighted by Gasteiger charge is 2.30. The van der Waals surface area contributed by atoms with Crippen LogP contribution in [0, 0.1) is 0 Å². The zero-order chi connectivity index (χ0) is 21.7. The Kier molecular flexibility index (Phi) is 8.55. The average Bonchev–Trinajstić information content (AvgIpc) is 2.73. The Balaban J connectivity index is 0.00000341. The quantitative estimate of drug-likeness (QED) is 0.493. The fourth-order valence-electron chi connectivity index (χ4n) is 3.18. The first-order chi connectivity index (χ1) is 14.3. The van der Waals surface area contributed by atoms with E-state index in [0.717, 1.165) is 46.5 Å². The molecule has 5 N–H and O–H groups in total. The second-order valence-electron chi connectivity index (χ2n) is 6.96. The van der Waals surface area contributed by atoms with E-state index in [1.165, 1.54) is 17.8 Å². The molecule has 1 aromatic heterocycles. The predicted octanol–water partition coefficient (Wildman–Crippen LogP) is 5.13. The molecule has 2 aromatic carbocycles. The molecule has 1 atom stereocenters. The number of benzene rings is 2. The first-order valence-corrected chi connectivity index (χ1v) is 10.4. The van der Waals surface area contributed by atoms with E-state index < -0.39 is 11.7 Å². The molecule has 0 spiro atoms. The van der Waals surface area contributed by atoms with E-state index in [-0.39, 0.29) is 11.5 Å². The van der Waals surface area contributed by atoms with Crippen molar-refractivity contribution in [1.29, 1.82) is 0 Å². The Morgan fingerprint density at radius 2 is 1.97 bits per heavy atom. The maximum absolute atomic E-state index is 13.1. The number of anilines is 1. The summed E-state index contributed by atoms with van der Waals surface area (Å²) in [4.78, 5) is 5.71. The van der Waals surface area contributed by atoms with Crippen LogP contribution in [-0.2, 0) is 6.18 Å². The maximum atomic E-state index is 13.1. The van der Waals surface area contributed by atoms with E-state index in [2.05, 4.69) is 17.2 Å². The van der Waals surface area contributed by atoms with Gasteiger partial charge in [0.15, 0.2) is 0 Å². The Morgan fingerprint density at radius 3 is 2.65 bits per heavy atom. The number of aromatic nitrogens is 1. The van der Waals surface area contributed by atoms with Crippen LogP contribution in [0.2, 0.25) is 0 Å². The molecule has 0 aliphatic heterocycles. The first kappa shape index (κ1) is 24.8. The molecular weight excluding hydrogens is 427 g/mol. The number of nitrogens with two attached hydrogens (primary N) is 1. The summed E-state index contributed by atoms with van der Waals surface area (Å²) in [6, 6.07) is 11.0. The van der Waals surface area contributed by atoms with Crippen LogP contribution >= 0.6 is 11.8 Å². The number of methoxy groups -OCH3 is 1. The lowest BCUT2D eigenvalue weighted by Crippen LogP contribution is -2.17. The summed E-state index contributed by atoms with van der Waals surface area (Å²) in [7, 11) is 1.55. The minimum absolute atomic E-state index is 0. The molecule has 0 bridgehead atoms. The molecule has 31 heavy (non-hydrogen) atoms. The molecule has 0 aliphatic rings. The average molecular weight is 454 g/mol. The van der Waals surface area contributed by atoms with Crippen LogP contribution in [0.15, 0.2) is 58.5 Å². The minimum Gasteiger partial charge on any atom is -0.495 e. The van der Waals surface area contributed by atoms with Gasteiger partial charge in [-0.25, -0.2) is 0 Å². The van der Waals surface area contributed by atoms with Gasteiger partial charge >= 0.3 is 6.18 Å². The molecule has 1 heterocycles. The van der Waals surface area contributed by atoms with Crippen molar-refractivity contribution in [3.05, 3.63) is 54.2 Å². The molecule has 0 saturated heterocycles. The van der Waals surface area contributed by atoms with Gasteiger partial charge in [-0.15, -0.1) is 0 Å². The molecule has 168 valence electrons. The summed E-state index contributed by atoms with van der Waals surface area (Å²) >= 11 is 1.23. The molecule has 3 rings (SSSR count). The number of rotatable bonds is 8. The third kappa shape index (κ3) is 6.03. The number of alkyl halides is 3. The van der Waals surface area contributed by atoms with E-state index in [1.54, 1.807) is 25.4 Å². The van der Waals surface area contributed by atoms with Crippen molar-refractivity contribution < 1.29 is 23.4 Å². The Hall–Kier alpha value is -2.49. The van der Waals surface area contributed by atoms with Crippen LogP contribution in [-0.4, -0.2) is 30.2 Å². The highest BCUT2D eigenvalue weighted by molar-refractivity contribution is 7.99. The molecule has 9 heteroatoms. The van der Waals surface area contributed by atoms with Gasteiger partial charge in [-0.1, -0.05) is 17.8 Å². The fourth-order valence-corrected chi connectivity index (χ4v) is 4.27. The van der Waals surface area contributed by atoms with Crippen molar-refractivity contribution in [2.75, 3.05) is 19.0 Å². The topological polar surface area (TPSA) is 91.7 Å². The number of ether oxygens (including phenoxy) is 1. The van der Waals surface area contributed by atoms with Crippen molar-refractivity contribution in [3.8, 4) is 5.75 Å². The van der Waals surface area contributed by atoms with Gasteiger partial charge in [0.25, 0.3) is 0 Å². The van der Waals surface area contributed by atoms with Gasteiger partial charge in [-0.3, -0.25) is 4.98 Å². The third-order valence-electron chi connectivity index (χ3n) is 4.65. The predicted molar refractivity (Wildman–Crippen MR) is 119 cm³/mol. The van der Waals surface area contributed by atoms with Crippen LogP contribution < -0.4 is 15.8 Å². The molecule has 3 aromatic rings. The fraction of sp³-hybridized carbons (Fsp3) is 0.318. The molecule has 5 nitrogen and oxygen atoms in total. The van der Waals surface area contributed by atoms with E-state index in [9.17, 15) is 13.2 Å². The summed E-state index contributed by atoms with van der Waals surface area (Å²) in [5, 5.41) is 4.27. The summed E-state index contributed by atoms with van der Waals surface area (Å²) in [5.74, 6) is 0.575. The SMILES string of the molecule is COc1cc(NC(C)CCCN)c2ncccc2c1Sc1cccc(C(F)(F)F)c1.O. The van der Waals surface area contributed by atoms with E-state index in [0.29, 0.717) is 17.2 Å². The smallest absolute Gasteiger partial charge is 0.416 e.